The van der Waals surface area contributed by atoms with E-state index in [1.165, 1.54) is 0 Å². The van der Waals surface area contributed by atoms with Gasteiger partial charge in [-0.1, -0.05) is 30.3 Å². The zero-order valence-corrected chi connectivity index (χ0v) is 13.9. The second kappa shape index (κ2) is 7.02. The Bertz CT molecular complexity index is 1010. The standard InChI is InChI=1S/C19H16N6O/c26-19(16-12-22-24(14-16)13-15-6-2-1-3-7-15)23-17-8-4-9-20-18(17)25-11-5-10-21-25/h1-12,14H,13H2,(H,23,26). The first-order chi connectivity index (χ1) is 12.8. The van der Waals surface area contributed by atoms with E-state index in [2.05, 4.69) is 20.5 Å². The number of benzene rings is 1. The number of amides is 1. The third-order valence-corrected chi connectivity index (χ3v) is 3.84. The van der Waals surface area contributed by atoms with Crippen LogP contribution in [-0.2, 0) is 6.54 Å². The Morgan fingerprint density at radius 3 is 2.69 bits per heavy atom. The number of hydrogen-bond donors (Lipinski definition) is 1. The minimum atomic E-state index is -0.245. The molecular weight excluding hydrogens is 328 g/mol. The SMILES string of the molecule is O=C(Nc1cccnc1-n1cccn1)c1cnn(Cc2ccccc2)c1. The molecule has 0 saturated heterocycles. The van der Waals surface area contributed by atoms with Crippen LogP contribution >= 0.6 is 0 Å². The molecule has 1 amide bonds. The maximum absolute atomic E-state index is 12.6. The molecule has 26 heavy (non-hydrogen) atoms. The third-order valence-electron chi connectivity index (χ3n) is 3.84. The number of nitrogens with one attached hydrogen (secondary N) is 1. The van der Waals surface area contributed by atoms with Crippen LogP contribution in [0.25, 0.3) is 5.82 Å². The van der Waals surface area contributed by atoms with Crippen LogP contribution in [-0.4, -0.2) is 30.5 Å². The summed E-state index contributed by atoms with van der Waals surface area (Å²) in [5.41, 5.74) is 2.18. The van der Waals surface area contributed by atoms with Crippen LogP contribution in [0.5, 0.6) is 0 Å². The van der Waals surface area contributed by atoms with Gasteiger partial charge in [0.05, 0.1) is 24.0 Å². The smallest absolute Gasteiger partial charge is 0.258 e. The fraction of sp³-hybridized carbons (Fsp3) is 0.0526. The lowest BCUT2D eigenvalue weighted by Crippen LogP contribution is -2.14. The van der Waals surface area contributed by atoms with Crippen LogP contribution in [0.2, 0.25) is 0 Å². The molecule has 0 saturated carbocycles. The molecule has 0 spiro atoms. The van der Waals surface area contributed by atoms with Crippen molar-refractivity contribution in [3.63, 3.8) is 0 Å². The molecule has 1 N–H and O–H groups in total. The minimum Gasteiger partial charge on any atom is -0.319 e. The topological polar surface area (TPSA) is 77.6 Å². The normalized spacial score (nSPS) is 10.6. The van der Waals surface area contributed by atoms with Gasteiger partial charge in [-0.3, -0.25) is 9.48 Å². The van der Waals surface area contributed by atoms with Gasteiger partial charge in [0, 0.05) is 24.8 Å². The van der Waals surface area contributed by atoms with Gasteiger partial charge in [0.1, 0.15) is 0 Å². The summed E-state index contributed by atoms with van der Waals surface area (Å²) >= 11 is 0. The van der Waals surface area contributed by atoms with Crippen molar-refractivity contribution in [2.24, 2.45) is 0 Å². The van der Waals surface area contributed by atoms with Gasteiger partial charge >= 0.3 is 0 Å². The van der Waals surface area contributed by atoms with Crippen molar-refractivity contribution in [3.05, 3.63) is 90.6 Å². The lowest BCUT2D eigenvalue weighted by Gasteiger charge is -2.09. The van der Waals surface area contributed by atoms with Gasteiger partial charge in [-0.05, 0) is 23.8 Å². The third kappa shape index (κ3) is 3.36. The van der Waals surface area contributed by atoms with Crippen LogP contribution < -0.4 is 5.32 Å². The number of carbonyl (C=O) groups is 1. The highest BCUT2D eigenvalue weighted by Gasteiger charge is 2.13. The predicted octanol–water partition coefficient (Wildman–Crippen LogP) is 2.76. The number of hydrogen-bond acceptors (Lipinski definition) is 4. The fourth-order valence-electron chi connectivity index (χ4n) is 2.60. The van der Waals surface area contributed by atoms with E-state index in [4.69, 9.17) is 0 Å². The van der Waals surface area contributed by atoms with Gasteiger partial charge in [0.15, 0.2) is 5.82 Å². The van der Waals surface area contributed by atoms with Crippen molar-refractivity contribution in [3.8, 4) is 5.82 Å². The van der Waals surface area contributed by atoms with Gasteiger partial charge in [-0.25, -0.2) is 9.67 Å². The van der Waals surface area contributed by atoms with Gasteiger partial charge in [-0.2, -0.15) is 10.2 Å². The monoisotopic (exact) mass is 344 g/mol. The molecule has 0 unspecified atom stereocenters. The largest absolute Gasteiger partial charge is 0.319 e. The molecule has 0 fully saturated rings. The van der Waals surface area contributed by atoms with E-state index in [-0.39, 0.29) is 5.91 Å². The molecule has 1 aromatic carbocycles. The Morgan fingerprint density at radius 1 is 1.00 bits per heavy atom. The van der Waals surface area contributed by atoms with Crippen molar-refractivity contribution in [2.75, 3.05) is 5.32 Å². The first-order valence-corrected chi connectivity index (χ1v) is 8.12. The number of rotatable bonds is 5. The Morgan fingerprint density at radius 2 is 1.88 bits per heavy atom. The van der Waals surface area contributed by atoms with Crippen molar-refractivity contribution in [1.29, 1.82) is 0 Å². The summed E-state index contributed by atoms with van der Waals surface area (Å²) in [6.45, 7) is 0.611. The number of anilines is 1. The number of aromatic nitrogens is 5. The average Bonchev–Trinajstić information content (AvgIpc) is 3.35. The molecule has 7 nitrogen and oxygen atoms in total. The quantitative estimate of drug-likeness (QED) is 0.604. The first kappa shape index (κ1) is 15.8. The molecule has 0 aliphatic rings. The summed E-state index contributed by atoms with van der Waals surface area (Å²) in [7, 11) is 0. The summed E-state index contributed by atoms with van der Waals surface area (Å²) in [6.07, 6.45) is 8.38. The van der Waals surface area contributed by atoms with Crippen molar-refractivity contribution >= 4 is 11.6 Å². The van der Waals surface area contributed by atoms with E-state index in [0.717, 1.165) is 5.56 Å². The molecule has 0 atom stereocenters. The molecule has 4 aromatic rings. The minimum absolute atomic E-state index is 0.245. The van der Waals surface area contributed by atoms with Crippen molar-refractivity contribution in [1.82, 2.24) is 24.5 Å². The molecule has 0 aliphatic carbocycles. The van der Waals surface area contributed by atoms with Crippen LogP contribution in [0.3, 0.4) is 0 Å². The average molecular weight is 344 g/mol. The maximum atomic E-state index is 12.6. The second-order valence-corrected chi connectivity index (χ2v) is 5.69. The van der Waals surface area contributed by atoms with Gasteiger partial charge in [-0.15, -0.1) is 0 Å². The van der Waals surface area contributed by atoms with Crippen LogP contribution in [0.4, 0.5) is 5.69 Å². The van der Waals surface area contributed by atoms with Crippen LogP contribution in [0.1, 0.15) is 15.9 Å². The summed E-state index contributed by atoms with van der Waals surface area (Å²) in [5.74, 6) is 0.313. The Labute approximate surface area is 149 Å². The molecule has 7 heteroatoms. The zero-order valence-electron chi connectivity index (χ0n) is 13.9. The van der Waals surface area contributed by atoms with E-state index in [0.29, 0.717) is 23.6 Å². The molecule has 3 aromatic heterocycles. The van der Waals surface area contributed by atoms with E-state index >= 15 is 0 Å². The number of nitrogens with zero attached hydrogens (tertiary/aromatic N) is 5. The predicted molar refractivity (Wildman–Crippen MR) is 97.1 cm³/mol. The summed E-state index contributed by atoms with van der Waals surface area (Å²) < 4.78 is 3.34. The molecule has 0 aliphatic heterocycles. The summed E-state index contributed by atoms with van der Waals surface area (Å²) in [6, 6.07) is 15.3. The molecule has 3 heterocycles. The van der Waals surface area contributed by atoms with E-state index in [1.54, 1.807) is 58.5 Å². The number of pyridine rings is 1. The van der Waals surface area contributed by atoms with Crippen LogP contribution in [0.15, 0.2) is 79.5 Å². The highest BCUT2D eigenvalue weighted by molar-refractivity contribution is 6.04. The van der Waals surface area contributed by atoms with Crippen molar-refractivity contribution < 1.29 is 4.79 Å². The molecule has 128 valence electrons. The lowest BCUT2D eigenvalue weighted by atomic mass is 10.2. The van der Waals surface area contributed by atoms with Gasteiger partial charge in [0.25, 0.3) is 5.91 Å². The Kier molecular flexibility index (Phi) is 4.26. The van der Waals surface area contributed by atoms with E-state index in [9.17, 15) is 4.79 Å². The first-order valence-electron chi connectivity index (χ1n) is 8.12. The molecule has 0 bridgehead atoms. The highest BCUT2D eigenvalue weighted by Crippen LogP contribution is 2.17. The molecular formula is C19H16N6O. The Hall–Kier alpha value is -3.74. The second-order valence-electron chi connectivity index (χ2n) is 5.69. The van der Waals surface area contributed by atoms with Gasteiger partial charge < -0.3 is 5.32 Å². The lowest BCUT2D eigenvalue weighted by molar-refractivity contribution is 0.102. The van der Waals surface area contributed by atoms with E-state index in [1.807, 2.05) is 30.3 Å². The Balaban J connectivity index is 1.51. The van der Waals surface area contributed by atoms with Crippen LogP contribution in [0, 0.1) is 0 Å². The fourth-order valence-corrected chi connectivity index (χ4v) is 2.60. The zero-order chi connectivity index (χ0) is 17.8. The molecule has 0 radical (unpaired) electrons. The maximum Gasteiger partial charge on any atom is 0.258 e. The molecule has 4 rings (SSSR count). The van der Waals surface area contributed by atoms with Gasteiger partial charge in [0.2, 0.25) is 0 Å². The highest BCUT2D eigenvalue weighted by atomic mass is 16.1. The summed E-state index contributed by atoms with van der Waals surface area (Å²) in [5, 5.41) is 11.3. The van der Waals surface area contributed by atoms with Crippen molar-refractivity contribution in [2.45, 2.75) is 6.54 Å². The van der Waals surface area contributed by atoms with E-state index < -0.39 is 0 Å². The number of carbonyl (C=O) groups excluding carboxylic acids is 1. The summed E-state index contributed by atoms with van der Waals surface area (Å²) in [4.78, 5) is 16.9.